The van der Waals surface area contributed by atoms with E-state index in [0.717, 1.165) is 11.2 Å². The molecule has 0 N–H and O–H groups in total. The molecule has 1 aromatic heterocycles. The molecule has 0 saturated carbocycles. The van der Waals surface area contributed by atoms with Crippen molar-refractivity contribution < 1.29 is 0 Å². The zero-order valence-corrected chi connectivity index (χ0v) is 9.41. The van der Waals surface area contributed by atoms with Crippen LogP contribution in [0.15, 0.2) is 35.9 Å². The molecule has 0 radical (unpaired) electrons. The number of nitrogens with zero attached hydrogens (tertiary/aromatic N) is 1. The molecule has 1 heteroatoms. The standard InChI is InChI=1S/C14H15N/c1-10(2)8-13-9-12-6-4-5-7-14(12)15-11(13)3/h4-9H,1-3H3. The van der Waals surface area contributed by atoms with Gasteiger partial charge in [0.2, 0.25) is 0 Å². The Morgan fingerprint density at radius 2 is 1.93 bits per heavy atom. The lowest BCUT2D eigenvalue weighted by Gasteiger charge is -2.03. The Kier molecular flexibility index (Phi) is 2.55. The van der Waals surface area contributed by atoms with Crippen LogP contribution >= 0.6 is 0 Å². The Labute approximate surface area is 90.5 Å². The van der Waals surface area contributed by atoms with Crippen molar-refractivity contribution in [3.8, 4) is 0 Å². The predicted octanol–water partition coefficient (Wildman–Crippen LogP) is 3.97. The third-order valence-corrected chi connectivity index (χ3v) is 2.40. The van der Waals surface area contributed by atoms with Gasteiger partial charge in [-0.25, -0.2) is 0 Å². The van der Waals surface area contributed by atoms with Gasteiger partial charge in [-0.2, -0.15) is 0 Å². The summed E-state index contributed by atoms with van der Waals surface area (Å²) in [4.78, 5) is 4.58. The smallest absolute Gasteiger partial charge is 0.0705 e. The van der Waals surface area contributed by atoms with Gasteiger partial charge in [0, 0.05) is 11.1 Å². The lowest BCUT2D eigenvalue weighted by molar-refractivity contribution is 1.24. The van der Waals surface area contributed by atoms with E-state index in [0.29, 0.717) is 0 Å². The molecule has 15 heavy (non-hydrogen) atoms. The average molecular weight is 197 g/mol. The summed E-state index contributed by atoms with van der Waals surface area (Å²) >= 11 is 0. The Morgan fingerprint density at radius 1 is 1.20 bits per heavy atom. The minimum Gasteiger partial charge on any atom is -0.253 e. The highest BCUT2D eigenvalue weighted by Crippen LogP contribution is 2.18. The highest BCUT2D eigenvalue weighted by Gasteiger charge is 1.99. The minimum absolute atomic E-state index is 1.07. The van der Waals surface area contributed by atoms with Crippen molar-refractivity contribution in [2.75, 3.05) is 0 Å². The van der Waals surface area contributed by atoms with Crippen molar-refractivity contribution in [1.82, 2.24) is 4.98 Å². The van der Waals surface area contributed by atoms with Gasteiger partial charge in [-0.3, -0.25) is 4.98 Å². The number of pyridine rings is 1. The maximum atomic E-state index is 4.58. The molecular formula is C14H15N. The number of rotatable bonds is 1. The number of allylic oxidation sites excluding steroid dienone is 1. The first-order valence-electron chi connectivity index (χ1n) is 5.18. The Hall–Kier alpha value is -1.63. The van der Waals surface area contributed by atoms with Crippen LogP contribution in [-0.4, -0.2) is 4.98 Å². The van der Waals surface area contributed by atoms with E-state index >= 15 is 0 Å². The number of hydrogen-bond acceptors (Lipinski definition) is 1. The molecule has 0 bridgehead atoms. The topological polar surface area (TPSA) is 12.9 Å². The first-order valence-corrected chi connectivity index (χ1v) is 5.18. The monoisotopic (exact) mass is 197 g/mol. The number of aryl methyl sites for hydroxylation is 1. The van der Waals surface area contributed by atoms with Crippen LogP contribution in [0.25, 0.3) is 17.0 Å². The van der Waals surface area contributed by atoms with Crippen LogP contribution in [0.4, 0.5) is 0 Å². The molecule has 0 atom stereocenters. The number of hydrogen-bond donors (Lipinski definition) is 0. The Bertz CT molecular complexity index is 520. The van der Waals surface area contributed by atoms with Crippen molar-refractivity contribution in [3.05, 3.63) is 47.2 Å². The number of benzene rings is 1. The molecule has 0 spiro atoms. The third kappa shape index (κ3) is 2.07. The third-order valence-electron chi connectivity index (χ3n) is 2.40. The molecule has 2 aromatic rings. The van der Waals surface area contributed by atoms with Gasteiger partial charge in [-0.1, -0.05) is 29.8 Å². The van der Waals surface area contributed by atoms with Crippen LogP contribution in [0.5, 0.6) is 0 Å². The van der Waals surface area contributed by atoms with Gasteiger partial charge < -0.3 is 0 Å². The highest BCUT2D eigenvalue weighted by atomic mass is 14.7. The molecule has 2 rings (SSSR count). The molecule has 0 amide bonds. The molecule has 0 aliphatic carbocycles. The van der Waals surface area contributed by atoms with Gasteiger partial charge in [0.05, 0.1) is 5.52 Å². The summed E-state index contributed by atoms with van der Waals surface area (Å²) in [5.41, 5.74) is 4.68. The van der Waals surface area contributed by atoms with Crippen LogP contribution in [0.3, 0.4) is 0 Å². The molecule has 1 nitrogen and oxygen atoms in total. The summed E-state index contributed by atoms with van der Waals surface area (Å²) in [6, 6.07) is 10.4. The summed E-state index contributed by atoms with van der Waals surface area (Å²) < 4.78 is 0. The molecule has 0 fully saturated rings. The van der Waals surface area contributed by atoms with Crippen molar-refractivity contribution in [2.45, 2.75) is 20.8 Å². The van der Waals surface area contributed by atoms with Crippen LogP contribution in [0.1, 0.15) is 25.1 Å². The van der Waals surface area contributed by atoms with Crippen LogP contribution in [0, 0.1) is 6.92 Å². The SMILES string of the molecule is CC(C)=Cc1cc2ccccc2nc1C. The first kappa shape index (κ1) is 9.91. The normalized spacial score (nSPS) is 10.3. The lowest BCUT2D eigenvalue weighted by Crippen LogP contribution is -1.88. The van der Waals surface area contributed by atoms with E-state index in [9.17, 15) is 0 Å². The van der Waals surface area contributed by atoms with Gasteiger partial charge in [-0.15, -0.1) is 0 Å². The molecule has 0 aliphatic heterocycles. The fraction of sp³-hybridized carbons (Fsp3) is 0.214. The summed E-state index contributed by atoms with van der Waals surface area (Å²) in [5.74, 6) is 0. The van der Waals surface area contributed by atoms with Crippen LogP contribution in [-0.2, 0) is 0 Å². The summed E-state index contributed by atoms with van der Waals surface area (Å²) in [7, 11) is 0. The molecule has 1 heterocycles. The van der Waals surface area contributed by atoms with Gasteiger partial charge in [0.1, 0.15) is 0 Å². The minimum atomic E-state index is 1.07. The Morgan fingerprint density at radius 3 is 2.67 bits per heavy atom. The number of aromatic nitrogens is 1. The largest absolute Gasteiger partial charge is 0.253 e. The first-order chi connectivity index (χ1) is 7.16. The van der Waals surface area contributed by atoms with Gasteiger partial charge in [0.25, 0.3) is 0 Å². The van der Waals surface area contributed by atoms with E-state index in [1.54, 1.807) is 0 Å². The lowest BCUT2D eigenvalue weighted by atomic mass is 10.1. The quantitative estimate of drug-likeness (QED) is 0.674. The van der Waals surface area contributed by atoms with E-state index in [4.69, 9.17) is 0 Å². The summed E-state index contributed by atoms with van der Waals surface area (Å²) in [6.07, 6.45) is 2.18. The second-order valence-electron chi connectivity index (χ2n) is 4.08. The highest BCUT2D eigenvalue weighted by molar-refractivity contribution is 5.81. The van der Waals surface area contributed by atoms with Crippen LogP contribution < -0.4 is 0 Å². The Balaban J connectivity index is 2.67. The zero-order valence-electron chi connectivity index (χ0n) is 9.41. The molecule has 1 aromatic carbocycles. The summed E-state index contributed by atoms with van der Waals surface area (Å²) in [6.45, 7) is 6.27. The predicted molar refractivity (Wildman–Crippen MR) is 65.8 cm³/mol. The van der Waals surface area contributed by atoms with E-state index < -0.39 is 0 Å². The average Bonchev–Trinajstić information content (AvgIpc) is 2.18. The second kappa shape index (κ2) is 3.85. The fourth-order valence-electron chi connectivity index (χ4n) is 1.69. The van der Waals surface area contributed by atoms with Gasteiger partial charge >= 0.3 is 0 Å². The van der Waals surface area contributed by atoms with Crippen molar-refractivity contribution >= 4 is 17.0 Å². The van der Waals surface area contributed by atoms with E-state index in [-0.39, 0.29) is 0 Å². The van der Waals surface area contributed by atoms with Crippen molar-refractivity contribution in [3.63, 3.8) is 0 Å². The summed E-state index contributed by atoms with van der Waals surface area (Å²) in [5, 5.41) is 1.20. The molecule has 0 aliphatic rings. The van der Waals surface area contributed by atoms with Crippen LogP contribution in [0.2, 0.25) is 0 Å². The van der Waals surface area contributed by atoms with Gasteiger partial charge in [-0.05, 0) is 38.5 Å². The number of para-hydroxylation sites is 1. The fourth-order valence-corrected chi connectivity index (χ4v) is 1.69. The molecule has 76 valence electrons. The molecular weight excluding hydrogens is 182 g/mol. The molecule has 0 saturated heterocycles. The molecule has 0 unspecified atom stereocenters. The maximum Gasteiger partial charge on any atom is 0.0705 e. The van der Waals surface area contributed by atoms with Gasteiger partial charge in [0.15, 0.2) is 0 Å². The van der Waals surface area contributed by atoms with E-state index in [1.165, 1.54) is 16.5 Å². The second-order valence-corrected chi connectivity index (χ2v) is 4.08. The van der Waals surface area contributed by atoms with E-state index in [2.05, 4.69) is 50.0 Å². The number of fused-ring (bicyclic) bond motifs is 1. The maximum absolute atomic E-state index is 4.58. The van der Waals surface area contributed by atoms with Crippen molar-refractivity contribution in [1.29, 1.82) is 0 Å². The zero-order chi connectivity index (χ0) is 10.8. The van der Waals surface area contributed by atoms with E-state index in [1.807, 2.05) is 12.1 Å². The van der Waals surface area contributed by atoms with Crippen molar-refractivity contribution in [2.24, 2.45) is 0 Å².